The molecular formula is C23H23N7O2. The third-order valence-electron chi connectivity index (χ3n) is 5.72. The Kier molecular flexibility index (Phi) is 5.22. The summed E-state index contributed by atoms with van der Waals surface area (Å²) in [6.07, 6.45) is 7.34. The fourth-order valence-corrected chi connectivity index (χ4v) is 4.16. The molecule has 1 amide bonds. The third-order valence-corrected chi connectivity index (χ3v) is 5.72. The van der Waals surface area contributed by atoms with Gasteiger partial charge in [-0.2, -0.15) is 20.0 Å². The predicted octanol–water partition coefficient (Wildman–Crippen LogP) is 3.56. The second kappa shape index (κ2) is 8.33. The van der Waals surface area contributed by atoms with Crippen molar-refractivity contribution in [3.05, 3.63) is 71.6 Å². The second-order valence-corrected chi connectivity index (χ2v) is 7.80. The van der Waals surface area contributed by atoms with E-state index in [4.69, 9.17) is 4.52 Å². The third kappa shape index (κ3) is 3.55. The normalized spacial score (nSPS) is 15.9. The summed E-state index contributed by atoms with van der Waals surface area (Å²) >= 11 is 0. The number of hydrogen-bond acceptors (Lipinski definition) is 7. The lowest BCUT2D eigenvalue weighted by Gasteiger charge is -2.23. The minimum Gasteiger partial charge on any atom is -0.337 e. The zero-order valence-corrected chi connectivity index (χ0v) is 18.0. The van der Waals surface area contributed by atoms with Crippen LogP contribution in [0.25, 0.3) is 17.1 Å². The van der Waals surface area contributed by atoms with Crippen LogP contribution in [0.1, 0.15) is 53.3 Å². The molecule has 4 aromatic rings. The fraction of sp³-hybridized carbons (Fsp3) is 0.304. The van der Waals surface area contributed by atoms with Gasteiger partial charge in [-0.15, -0.1) is 0 Å². The lowest BCUT2D eigenvalue weighted by molar-refractivity contribution is 0.0709. The summed E-state index contributed by atoms with van der Waals surface area (Å²) in [6.45, 7) is 4.62. The number of aryl methyl sites for hydroxylation is 2. The van der Waals surface area contributed by atoms with Crippen molar-refractivity contribution in [3.63, 3.8) is 0 Å². The molecule has 9 nitrogen and oxygen atoms in total. The van der Waals surface area contributed by atoms with Gasteiger partial charge in [0.2, 0.25) is 11.7 Å². The van der Waals surface area contributed by atoms with Crippen molar-refractivity contribution in [2.45, 2.75) is 39.2 Å². The van der Waals surface area contributed by atoms with Gasteiger partial charge in [-0.05, 0) is 50.5 Å². The fourth-order valence-electron chi connectivity index (χ4n) is 4.16. The van der Waals surface area contributed by atoms with E-state index in [0.717, 1.165) is 36.1 Å². The van der Waals surface area contributed by atoms with E-state index in [0.29, 0.717) is 29.5 Å². The van der Waals surface area contributed by atoms with E-state index in [1.807, 2.05) is 49.1 Å². The first-order valence-corrected chi connectivity index (χ1v) is 10.7. The average molecular weight is 429 g/mol. The standard InChI is InChI=1S/C23H23N7O2/c1-3-18-16(6-4-10-24-18)21-27-22(32-28-21)20-7-5-13-29(20)23(31)17-14-15(2)8-9-19(17)30-25-11-12-26-30/h4,6,8-12,14,20H,3,5,7,13H2,1-2H3/t20-/m0/s1. The molecule has 0 N–H and O–H groups in total. The van der Waals surface area contributed by atoms with Crippen LogP contribution in [0.3, 0.4) is 0 Å². The zero-order valence-electron chi connectivity index (χ0n) is 18.0. The van der Waals surface area contributed by atoms with Crippen LogP contribution < -0.4 is 0 Å². The van der Waals surface area contributed by atoms with Crippen molar-refractivity contribution < 1.29 is 9.32 Å². The van der Waals surface area contributed by atoms with Gasteiger partial charge < -0.3 is 9.42 Å². The van der Waals surface area contributed by atoms with E-state index in [2.05, 4.69) is 25.3 Å². The first-order valence-electron chi connectivity index (χ1n) is 10.7. The van der Waals surface area contributed by atoms with Crippen molar-refractivity contribution in [2.75, 3.05) is 6.54 Å². The number of likely N-dealkylation sites (tertiary alicyclic amines) is 1. The molecule has 5 rings (SSSR count). The molecular weight excluding hydrogens is 406 g/mol. The van der Waals surface area contributed by atoms with Crippen molar-refractivity contribution in [1.82, 2.24) is 35.0 Å². The summed E-state index contributed by atoms with van der Waals surface area (Å²) in [4.78, 5) is 26.0. The summed E-state index contributed by atoms with van der Waals surface area (Å²) < 4.78 is 5.63. The molecule has 0 radical (unpaired) electrons. The molecule has 0 saturated carbocycles. The average Bonchev–Trinajstić information content (AvgIpc) is 3.59. The molecule has 1 saturated heterocycles. The highest BCUT2D eigenvalue weighted by molar-refractivity contribution is 5.98. The van der Waals surface area contributed by atoms with E-state index >= 15 is 0 Å². The summed E-state index contributed by atoms with van der Waals surface area (Å²) in [5.41, 5.74) is 3.95. The SMILES string of the molecule is CCc1ncccc1-c1noc([C@@H]2CCCN2C(=O)c2cc(C)ccc2-n2nccn2)n1. The maximum absolute atomic E-state index is 13.6. The Morgan fingerprint density at radius 1 is 1.19 bits per heavy atom. The van der Waals surface area contributed by atoms with E-state index in [1.165, 1.54) is 4.80 Å². The Morgan fingerprint density at radius 2 is 2.03 bits per heavy atom. The van der Waals surface area contributed by atoms with Crippen LogP contribution in [0.5, 0.6) is 0 Å². The van der Waals surface area contributed by atoms with Gasteiger partial charge in [0, 0.05) is 18.3 Å². The molecule has 162 valence electrons. The van der Waals surface area contributed by atoms with Crippen LogP contribution in [0, 0.1) is 6.92 Å². The largest absolute Gasteiger partial charge is 0.337 e. The van der Waals surface area contributed by atoms with Gasteiger partial charge in [-0.25, -0.2) is 0 Å². The monoisotopic (exact) mass is 429 g/mol. The summed E-state index contributed by atoms with van der Waals surface area (Å²) in [5.74, 6) is 0.850. The number of pyridine rings is 1. The minimum atomic E-state index is -0.274. The van der Waals surface area contributed by atoms with Gasteiger partial charge in [-0.1, -0.05) is 23.7 Å². The number of hydrogen-bond donors (Lipinski definition) is 0. The van der Waals surface area contributed by atoms with Crippen molar-refractivity contribution >= 4 is 5.91 Å². The van der Waals surface area contributed by atoms with Crippen molar-refractivity contribution in [1.29, 1.82) is 0 Å². The zero-order chi connectivity index (χ0) is 22.1. The highest BCUT2D eigenvalue weighted by Gasteiger charge is 2.36. The maximum Gasteiger partial charge on any atom is 0.256 e. The number of rotatable bonds is 5. The van der Waals surface area contributed by atoms with Gasteiger partial charge >= 0.3 is 0 Å². The van der Waals surface area contributed by atoms with Gasteiger partial charge in [0.1, 0.15) is 6.04 Å². The summed E-state index contributed by atoms with van der Waals surface area (Å²) in [5, 5.41) is 12.6. The van der Waals surface area contributed by atoms with E-state index in [1.54, 1.807) is 18.6 Å². The van der Waals surface area contributed by atoms with Gasteiger partial charge in [0.05, 0.1) is 29.3 Å². The molecule has 32 heavy (non-hydrogen) atoms. The van der Waals surface area contributed by atoms with E-state index in [9.17, 15) is 4.79 Å². The molecule has 1 aliphatic rings. The topological polar surface area (TPSA) is 103 Å². The molecule has 1 atom stereocenters. The molecule has 9 heteroatoms. The number of aromatic nitrogens is 6. The Bertz CT molecular complexity index is 1250. The van der Waals surface area contributed by atoms with Crippen LogP contribution in [-0.2, 0) is 6.42 Å². The molecule has 1 aliphatic heterocycles. The minimum absolute atomic E-state index is 0.0983. The van der Waals surface area contributed by atoms with Crippen LogP contribution >= 0.6 is 0 Å². The van der Waals surface area contributed by atoms with E-state index in [-0.39, 0.29) is 11.9 Å². The molecule has 1 fully saturated rings. The number of amides is 1. The maximum atomic E-state index is 13.6. The van der Waals surface area contributed by atoms with Gasteiger partial charge in [0.15, 0.2) is 0 Å². The van der Waals surface area contributed by atoms with E-state index < -0.39 is 0 Å². The van der Waals surface area contributed by atoms with Crippen molar-refractivity contribution in [2.24, 2.45) is 0 Å². The number of carbonyl (C=O) groups excluding carboxylic acids is 1. The van der Waals surface area contributed by atoms with Crippen LogP contribution in [0.4, 0.5) is 0 Å². The number of nitrogens with zero attached hydrogens (tertiary/aromatic N) is 7. The highest BCUT2D eigenvalue weighted by atomic mass is 16.5. The Balaban J connectivity index is 1.47. The van der Waals surface area contributed by atoms with Crippen LogP contribution in [-0.4, -0.2) is 47.5 Å². The molecule has 4 heterocycles. The Hall–Kier alpha value is -3.88. The molecule has 0 bridgehead atoms. The van der Waals surface area contributed by atoms with Crippen LogP contribution in [0.2, 0.25) is 0 Å². The van der Waals surface area contributed by atoms with Gasteiger partial charge in [-0.3, -0.25) is 9.78 Å². The predicted molar refractivity (Wildman–Crippen MR) is 116 cm³/mol. The molecule has 0 unspecified atom stereocenters. The highest BCUT2D eigenvalue weighted by Crippen LogP contribution is 2.34. The quantitative estimate of drug-likeness (QED) is 0.478. The Morgan fingerprint density at radius 3 is 2.84 bits per heavy atom. The van der Waals surface area contributed by atoms with Crippen LogP contribution in [0.15, 0.2) is 53.4 Å². The lowest BCUT2D eigenvalue weighted by atomic mass is 10.1. The molecule has 3 aromatic heterocycles. The smallest absolute Gasteiger partial charge is 0.256 e. The summed E-state index contributed by atoms with van der Waals surface area (Å²) in [7, 11) is 0. The first-order chi connectivity index (χ1) is 15.7. The molecule has 0 spiro atoms. The Labute approximate surface area is 185 Å². The number of benzene rings is 1. The summed E-state index contributed by atoms with van der Waals surface area (Å²) in [6, 6.07) is 9.21. The number of carbonyl (C=O) groups is 1. The second-order valence-electron chi connectivity index (χ2n) is 7.80. The first kappa shape index (κ1) is 20.0. The van der Waals surface area contributed by atoms with Crippen molar-refractivity contribution in [3.8, 4) is 17.1 Å². The molecule has 1 aromatic carbocycles. The van der Waals surface area contributed by atoms with Gasteiger partial charge in [0.25, 0.3) is 5.91 Å². The lowest BCUT2D eigenvalue weighted by Crippen LogP contribution is -2.31. The molecule has 0 aliphatic carbocycles.